The molecule has 1 heterocycles. The van der Waals surface area contributed by atoms with Crippen molar-refractivity contribution >= 4 is 17.1 Å². The Bertz CT molecular complexity index is 541. The lowest BCUT2D eigenvalue weighted by atomic mass is 9.82. The van der Waals surface area contributed by atoms with Gasteiger partial charge in [-0.15, -0.1) is 11.3 Å². The summed E-state index contributed by atoms with van der Waals surface area (Å²) in [5.74, 6) is 0.597. The van der Waals surface area contributed by atoms with Crippen LogP contribution < -0.4 is 0 Å². The number of aryl methyl sites for hydroxylation is 1. The molecule has 0 aliphatic rings. The second kappa shape index (κ2) is 6.16. The van der Waals surface area contributed by atoms with Gasteiger partial charge in [0.2, 0.25) is 0 Å². The normalized spacial score (nSPS) is 14.1. The lowest BCUT2D eigenvalue weighted by Crippen LogP contribution is -2.19. The van der Waals surface area contributed by atoms with Gasteiger partial charge in [-0.25, -0.2) is 0 Å². The molecule has 1 nitrogen and oxygen atoms in total. The average molecular weight is 272 g/mol. The Morgan fingerprint density at radius 1 is 1.16 bits per heavy atom. The van der Waals surface area contributed by atoms with E-state index in [0.717, 1.165) is 16.9 Å². The molecule has 2 unspecified atom stereocenters. The minimum atomic E-state index is -0.0238. The van der Waals surface area contributed by atoms with Crippen LogP contribution in [0.4, 0.5) is 0 Å². The van der Waals surface area contributed by atoms with E-state index < -0.39 is 0 Å². The smallest absolute Gasteiger partial charge is 0.180 e. The Morgan fingerprint density at radius 3 is 2.37 bits per heavy atom. The van der Waals surface area contributed by atoms with Crippen LogP contribution in [0.3, 0.4) is 0 Å². The summed E-state index contributed by atoms with van der Waals surface area (Å²) >= 11 is 1.60. The maximum atomic E-state index is 12.8. The monoisotopic (exact) mass is 272 g/mol. The number of rotatable bonds is 5. The van der Waals surface area contributed by atoms with Gasteiger partial charge in [0.1, 0.15) is 0 Å². The molecule has 1 aromatic heterocycles. The molecule has 2 heteroatoms. The van der Waals surface area contributed by atoms with Crippen molar-refractivity contribution in [3.05, 3.63) is 57.8 Å². The molecule has 100 valence electrons. The van der Waals surface area contributed by atoms with Crippen LogP contribution in [0.1, 0.15) is 46.3 Å². The summed E-state index contributed by atoms with van der Waals surface area (Å²) in [6.45, 7) is 6.35. The van der Waals surface area contributed by atoms with Crippen LogP contribution in [0.25, 0.3) is 0 Å². The number of hydrogen-bond acceptors (Lipinski definition) is 2. The minimum Gasteiger partial charge on any atom is -0.293 e. The van der Waals surface area contributed by atoms with Crippen LogP contribution in [0.2, 0.25) is 0 Å². The van der Waals surface area contributed by atoms with E-state index in [-0.39, 0.29) is 11.7 Å². The van der Waals surface area contributed by atoms with Gasteiger partial charge in [-0.1, -0.05) is 50.6 Å². The van der Waals surface area contributed by atoms with E-state index in [2.05, 4.69) is 26.0 Å². The summed E-state index contributed by atoms with van der Waals surface area (Å²) < 4.78 is 0. The summed E-state index contributed by atoms with van der Waals surface area (Å²) in [6.07, 6.45) is 1.01. The van der Waals surface area contributed by atoms with E-state index in [0.29, 0.717) is 5.92 Å². The van der Waals surface area contributed by atoms with E-state index in [4.69, 9.17) is 0 Å². The van der Waals surface area contributed by atoms with Crippen molar-refractivity contribution in [2.45, 2.75) is 33.1 Å². The molecule has 1 aromatic carbocycles. The summed E-state index contributed by atoms with van der Waals surface area (Å²) in [7, 11) is 0. The van der Waals surface area contributed by atoms with Gasteiger partial charge in [0.25, 0.3) is 0 Å². The molecule has 0 amide bonds. The Hall–Kier alpha value is -1.41. The van der Waals surface area contributed by atoms with Crippen molar-refractivity contribution in [3.63, 3.8) is 0 Å². The molecular weight excluding hydrogens is 252 g/mol. The number of benzene rings is 1. The van der Waals surface area contributed by atoms with Crippen molar-refractivity contribution in [2.75, 3.05) is 0 Å². The van der Waals surface area contributed by atoms with Crippen molar-refractivity contribution in [2.24, 2.45) is 5.92 Å². The van der Waals surface area contributed by atoms with Crippen molar-refractivity contribution in [3.8, 4) is 0 Å². The molecular formula is C17H20OS. The fourth-order valence-corrected chi connectivity index (χ4v) is 3.20. The third-order valence-corrected chi connectivity index (χ3v) is 4.65. The summed E-state index contributed by atoms with van der Waals surface area (Å²) in [4.78, 5) is 14.8. The van der Waals surface area contributed by atoms with Crippen LogP contribution in [0.15, 0.2) is 42.5 Å². The highest BCUT2D eigenvalue weighted by Crippen LogP contribution is 2.32. The molecule has 0 saturated carbocycles. The fourth-order valence-electron chi connectivity index (χ4n) is 2.35. The molecule has 0 aliphatic carbocycles. The highest BCUT2D eigenvalue weighted by Gasteiger charge is 2.27. The lowest BCUT2D eigenvalue weighted by Gasteiger charge is -2.21. The van der Waals surface area contributed by atoms with Gasteiger partial charge < -0.3 is 0 Å². The molecule has 0 N–H and O–H groups in total. The lowest BCUT2D eigenvalue weighted by molar-refractivity contribution is 0.0936. The third-order valence-electron chi connectivity index (χ3n) is 3.64. The van der Waals surface area contributed by atoms with Crippen LogP contribution in [0.5, 0.6) is 0 Å². The fraction of sp³-hybridized carbons (Fsp3) is 0.353. The zero-order valence-corrected chi connectivity index (χ0v) is 12.5. The first-order chi connectivity index (χ1) is 9.13. The van der Waals surface area contributed by atoms with E-state index in [1.807, 2.05) is 37.3 Å². The number of hydrogen-bond donors (Lipinski definition) is 0. The number of ketones is 1. The number of Topliss-reactive ketones (excluding diaryl/α,β-unsaturated/α-hetero) is 1. The van der Waals surface area contributed by atoms with E-state index in [9.17, 15) is 4.79 Å². The van der Waals surface area contributed by atoms with Crippen LogP contribution in [-0.4, -0.2) is 5.78 Å². The zero-order chi connectivity index (χ0) is 13.8. The summed E-state index contributed by atoms with van der Waals surface area (Å²) in [6, 6.07) is 14.1. The van der Waals surface area contributed by atoms with Crippen molar-refractivity contribution in [1.29, 1.82) is 0 Å². The first kappa shape index (κ1) is 14.0. The molecule has 19 heavy (non-hydrogen) atoms. The van der Waals surface area contributed by atoms with Crippen molar-refractivity contribution in [1.82, 2.24) is 0 Å². The average Bonchev–Trinajstić information content (AvgIpc) is 2.86. The molecule has 0 aliphatic heterocycles. The molecule has 2 aromatic rings. The summed E-state index contributed by atoms with van der Waals surface area (Å²) in [5, 5.41) is 0. The van der Waals surface area contributed by atoms with E-state index in [1.54, 1.807) is 11.3 Å². The zero-order valence-electron chi connectivity index (χ0n) is 11.7. The SMILES string of the molecule is CCC(C)C(C(=O)c1ccc(C)s1)c1ccccc1. The second-order valence-electron chi connectivity index (χ2n) is 5.05. The van der Waals surface area contributed by atoms with Gasteiger partial charge >= 0.3 is 0 Å². The van der Waals surface area contributed by atoms with Gasteiger partial charge in [-0.2, -0.15) is 0 Å². The van der Waals surface area contributed by atoms with Gasteiger partial charge in [0, 0.05) is 4.88 Å². The molecule has 0 spiro atoms. The predicted octanol–water partition coefficient (Wildman–Crippen LogP) is 5.07. The predicted molar refractivity (Wildman–Crippen MR) is 82.0 cm³/mol. The Morgan fingerprint density at radius 2 is 1.84 bits per heavy atom. The van der Waals surface area contributed by atoms with Gasteiger partial charge in [0.15, 0.2) is 5.78 Å². The minimum absolute atomic E-state index is 0.0238. The molecule has 0 saturated heterocycles. The highest BCUT2D eigenvalue weighted by atomic mass is 32.1. The first-order valence-electron chi connectivity index (χ1n) is 6.79. The maximum absolute atomic E-state index is 12.8. The molecule has 2 rings (SSSR count). The van der Waals surface area contributed by atoms with Crippen LogP contribution in [0, 0.1) is 12.8 Å². The third kappa shape index (κ3) is 3.13. The van der Waals surface area contributed by atoms with Crippen LogP contribution >= 0.6 is 11.3 Å². The molecule has 0 fully saturated rings. The van der Waals surface area contributed by atoms with Gasteiger partial charge in [-0.3, -0.25) is 4.79 Å². The molecule has 2 atom stereocenters. The van der Waals surface area contributed by atoms with Crippen molar-refractivity contribution < 1.29 is 4.79 Å². The Balaban J connectivity index is 2.36. The van der Waals surface area contributed by atoms with E-state index in [1.165, 1.54) is 4.88 Å². The topological polar surface area (TPSA) is 17.1 Å². The number of carbonyl (C=O) groups excluding carboxylic acids is 1. The standard InChI is InChI=1S/C17H20OS/c1-4-12(2)16(14-8-6-5-7-9-14)17(18)15-11-10-13(3)19-15/h5-12,16H,4H2,1-3H3. The van der Waals surface area contributed by atoms with Gasteiger partial charge in [0.05, 0.1) is 10.8 Å². The maximum Gasteiger partial charge on any atom is 0.180 e. The Kier molecular flexibility index (Phi) is 4.54. The Labute approximate surface area is 119 Å². The summed E-state index contributed by atoms with van der Waals surface area (Å²) in [5.41, 5.74) is 1.13. The highest BCUT2D eigenvalue weighted by molar-refractivity contribution is 7.14. The largest absolute Gasteiger partial charge is 0.293 e. The van der Waals surface area contributed by atoms with E-state index >= 15 is 0 Å². The first-order valence-corrected chi connectivity index (χ1v) is 7.60. The number of thiophene rings is 1. The quantitative estimate of drug-likeness (QED) is 0.694. The number of carbonyl (C=O) groups is 1. The van der Waals surface area contributed by atoms with Gasteiger partial charge in [-0.05, 0) is 30.5 Å². The van der Waals surface area contributed by atoms with Crippen LogP contribution in [-0.2, 0) is 0 Å². The molecule has 0 radical (unpaired) electrons. The second-order valence-corrected chi connectivity index (χ2v) is 6.34. The molecule has 0 bridgehead atoms.